The number of anilines is 1. The lowest BCUT2D eigenvalue weighted by atomic mass is 10.3. The zero-order valence-corrected chi connectivity index (χ0v) is 7.14. The highest BCUT2D eigenvalue weighted by Crippen LogP contribution is 2.07. The Morgan fingerprint density at radius 2 is 2.64 bits per heavy atom. The summed E-state index contributed by atoms with van der Waals surface area (Å²) in [6, 6.07) is 0. The van der Waals surface area contributed by atoms with Gasteiger partial charge in [0.2, 0.25) is 5.13 Å². The van der Waals surface area contributed by atoms with Crippen LogP contribution in [0.5, 0.6) is 0 Å². The van der Waals surface area contributed by atoms with Gasteiger partial charge in [0.25, 0.3) is 0 Å². The van der Waals surface area contributed by atoms with Crippen molar-refractivity contribution in [3.63, 3.8) is 0 Å². The third-order valence-electron chi connectivity index (χ3n) is 1.32. The summed E-state index contributed by atoms with van der Waals surface area (Å²) in [4.78, 5) is 0. The summed E-state index contributed by atoms with van der Waals surface area (Å²) in [6.45, 7) is 2.48. The molecule has 0 aliphatic rings. The Bertz CT molecular complexity index is 190. The highest BCUT2D eigenvalue weighted by atomic mass is 32.1. The van der Waals surface area contributed by atoms with Gasteiger partial charge in [-0.25, -0.2) is 0 Å². The SMILES string of the molecule is CCC(O)CNc1nncs1. The molecule has 1 aromatic heterocycles. The maximum atomic E-state index is 9.15. The van der Waals surface area contributed by atoms with Gasteiger partial charge in [0.05, 0.1) is 6.10 Å². The predicted molar refractivity (Wildman–Crippen MR) is 44.7 cm³/mol. The quantitative estimate of drug-likeness (QED) is 0.704. The highest BCUT2D eigenvalue weighted by molar-refractivity contribution is 7.13. The molecule has 62 valence electrons. The number of nitrogens with zero attached hydrogens (tertiary/aromatic N) is 2. The molecule has 1 heterocycles. The summed E-state index contributed by atoms with van der Waals surface area (Å²) >= 11 is 1.43. The first kappa shape index (κ1) is 8.42. The van der Waals surface area contributed by atoms with Crippen LogP contribution in [0.4, 0.5) is 5.13 Å². The van der Waals surface area contributed by atoms with Gasteiger partial charge in [-0.1, -0.05) is 18.3 Å². The molecule has 0 aromatic carbocycles. The normalized spacial score (nSPS) is 12.9. The van der Waals surface area contributed by atoms with E-state index in [0.717, 1.165) is 11.6 Å². The molecule has 1 aromatic rings. The molecular weight excluding hydrogens is 162 g/mol. The predicted octanol–water partition coefficient (Wildman–Crippen LogP) is 0.721. The van der Waals surface area contributed by atoms with E-state index < -0.39 is 0 Å². The van der Waals surface area contributed by atoms with Crippen molar-refractivity contribution in [1.82, 2.24) is 10.2 Å². The molecule has 4 nitrogen and oxygen atoms in total. The van der Waals surface area contributed by atoms with E-state index in [1.807, 2.05) is 6.92 Å². The highest BCUT2D eigenvalue weighted by Gasteiger charge is 2.00. The van der Waals surface area contributed by atoms with Gasteiger partial charge < -0.3 is 10.4 Å². The Morgan fingerprint density at radius 3 is 3.18 bits per heavy atom. The molecule has 0 spiro atoms. The van der Waals surface area contributed by atoms with Crippen LogP contribution in [0.3, 0.4) is 0 Å². The van der Waals surface area contributed by atoms with Crippen molar-refractivity contribution < 1.29 is 5.11 Å². The lowest BCUT2D eigenvalue weighted by molar-refractivity contribution is 0.183. The number of hydrogen-bond donors (Lipinski definition) is 2. The Kier molecular flexibility index (Phi) is 3.25. The fourth-order valence-corrected chi connectivity index (χ4v) is 1.05. The van der Waals surface area contributed by atoms with Crippen LogP contribution in [0.1, 0.15) is 13.3 Å². The van der Waals surface area contributed by atoms with Crippen LogP contribution in [0, 0.1) is 0 Å². The minimum Gasteiger partial charge on any atom is -0.391 e. The van der Waals surface area contributed by atoms with Gasteiger partial charge in [-0.3, -0.25) is 0 Å². The van der Waals surface area contributed by atoms with Gasteiger partial charge in [0.15, 0.2) is 0 Å². The van der Waals surface area contributed by atoms with Crippen LogP contribution in [0.15, 0.2) is 5.51 Å². The molecule has 11 heavy (non-hydrogen) atoms. The summed E-state index contributed by atoms with van der Waals surface area (Å²) in [5, 5.41) is 20.3. The summed E-state index contributed by atoms with van der Waals surface area (Å²) in [5.74, 6) is 0. The second-order valence-electron chi connectivity index (χ2n) is 2.19. The lowest BCUT2D eigenvalue weighted by Crippen LogP contribution is -2.17. The molecule has 1 atom stereocenters. The van der Waals surface area contributed by atoms with E-state index >= 15 is 0 Å². The van der Waals surface area contributed by atoms with Gasteiger partial charge >= 0.3 is 0 Å². The van der Waals surface area contributed by atoms with E-state index in [1.54, 1.807) is 5.51 Å². The first-order valence-corrected chi connectivity index (χ1v) is 4.39. The fourth-order valence-electron chi connectivity index (χ4n) is 0.600. The van der Waals surface area contributed by atoms with Crippen molar-refractivity contribution in [1.29, 1.82) is 0 Å². The first-order chi connectivity index (χ1) is 5.33. The number of hydrogen-bond acceptors (Lipinski definition) is 5. The Balaban J connectivity index is 2.23. The molecule has 5 heteroatoms. The first-order valence-electron chi connectivity index (χ1n) is 3.51. The molecule has 0 fully saturated rings. The lowest BCUT2D eigenvalue weighted by Gasteiger charge is -2.06. The summed E-state index contributed by atoms with van der Waals surface area (Å²) in [6.07, 6.45) is 0.463. The van der Waals surface area contributed by atoms with Crippen molar-refractivity contribution in [2.45, 2.75) is 19.4 Å². The molecule has 0 saturated carbocycles. The zero-order chi connectivity index (χ0) is 8.10. The van der Waals surface area contributed by atoms with Crippen molar-refractivity contribution in [2.75, 3.05) is 11.9 Å². The number of aromatic nitrogens is 2. The van der Waals surface area contributed by atoms with Crippen molar-refractivity contribution >= 4 is 16.5 Å². The zero-order valence-electron chi connectivity index (χ0n) is 6.32. The number of aliphatic hydroxyl groups is 1. The Labute approximate surface area is 69.3 Å². The van der Waals surface area contributed by atoms with Gasteiger partial charge in [-0.05, 0) is 6.42 Å². The molecule has 0 radical (unpaired) electrons. The van der Waals surface area contributed by atoms with Crippen molar-refractivity contribution in [3.8, 4) is 0 Å². The van der Waals surface area contributed by atoms with E-state index in [0.29, 0.717) is 6.54 Å². The van der Waals surface area contributed by atoms with Crippen LogP contribution in [-0.4, -0.2) is 28.0 Å². The average Bonchev–Trinajstić information content (AvgIpc) is 2.52. The molecular formula is C6H11N3OS. The van der Waals surface area contributed by atoms with Crippen LogP contribution in [0.2, 0.25) is 0 Å². The molecule has 2 N–H and O–H groups in total. The number of rotatable bonds is 4. The second kappa shape index (κ2) is 4.25. The van der Waals surface area contributed by atoms with Gasteiger partial charge in [-0.2, -0.15) is 0 Å². The standard InChI is InChI=1S/C6H11N3OS/c1-2-5(10)3-7-6-9-8-4-11-6/h4-5,10H,2-3H2,1H3,(H,7,9). The van der Waals surface area contributed by atoms with E-state index in [1.165, 1.54) is 11.3 Å². The third kappa shape index (κ3) is 2.81. The third-order valence-corrected chi connectivity index (χ3v) is 1.97. The molecule has 0 aliphatic carbocycles. The molecule has 0 aliphatic heterocycles. The van der Waals surface area contributed by atoms with Crippen molar-refractivity contribution in [3.05, 3.63) is 5.51 Å². The smallest absolute Gasteiger partial charge is 0.205 e. The topological polar surface area (TPSA) is 58.0 Å². The van der Waals surface area contributed by atoms with Crippen molar-refractivity contribution in [2.24, 2.45) is 0 Å². The second-order valence-corrected chi connectivity index (χ2v) is 3.02. The van der Waals surface area contributed by atoms with E-state index in [4.69, 9.17) is 5.11 Å². The fraction of sp³-hybridized carbons (Fsp3) is 0.667. The molecule has 1 rings (SSSR count). The molecule has 0 saturated heterocycles. The van der Waals surface area contributed by atoms with Crippen LogP contribution < -0.4 is 5.32 Å². The minimum atomic E-state index is -0.293. The Hall–Kier alpha value is -0.680. The van der Waals surface area contributed by atoms with Crippen LogP contribution in [0.25, 0.3) is 0 Å². The summed E-state index contributed by atoms with van der Waals surface area (Å²) in [5.41, 5.74) is 1.65. The number of nitrogens with one attached hydrogen (secondary N) is 1. The van der Waals surface area contributed by atoms with Gasteiger partial charge in [-0.15, -0.1) is 10.2 Å². The van der Waals surface area contributed by atoms with E-state index in [-0.39, 0.29) is 6.10 Å². The summed E-state index contributed by atoms with van der Waals surface area (Å²) < 4.78 is 0. The van der Waals surface area contributed by atoms with Crippen LogP contribution in [-0.2, 0) is 0 Å². The largest absolute Gasteiger partial charge is 0.391 e. The minimum absolute atomic E-state index is 0.293. The van der Waals surface area contributed by atoms with Crippen LogP contribution >= 0.6 is 11.3 Å². The summed E-state index contributed by atoms with van der Waals surface area (Å²) in [7, 11) is 0. The Morgan fingerprint density at radius 1 is 1.82 bits per heavy atom. The monoisotopic (exact) mass is 173 g/mol. The maximum absolute atomic E-state index is 9.15. The van der Waals surface area contributed by atoms with Gasteiger partial charge in [0, 0.05) is 6.54 Å². The molecule has 0 bridgehead atoms. The van der Waals surface area contributed by atoms with E-state index in [2.05, 4.69) is 15.5 Å². The van der Waals surface area contributed by atoms with Gasteiger partial charge in [0.1, 0.15) is 5.51 Å². The molecule has 1 unspecified atom stereocenters. The molecule has 0 amide bonds. The average molecular weight is 173 g/mol. The maximum Gasteiger partial charge on any atom is 0.205 e. The number of aliphatic hydroxyl groups excluding tert-OH is 1. The van der Waals surface area contributed by atoms with E-state index in [9.17, 15) is 0 Å².